The van der Waals surface area contributed by atoms with Crippen molar-refractivity contribution in [2.75, 3.05) is 28.4 Å². The number of nitrogens with one attached hydrogen (secondary N) is 1. The molecule has 0 unspecified atom stereocenters. The molecule has 35 heavy (non-hydrogen) atoms. The third kappa shape index (κ3) is 5.02. The zero-order valence-corrected chi connectivity index (χ0v) is 20.4. The van der Waals surface area contributed by atoms with E-state index in [9.17, 15) is 9.59 Å². The molecule has 1 aliphatic carbocycles. The summed E-state index contributed by atoms with van der Waals surface area (Å²) in [4.78, 5) is 34.3. The summed E-state index contributed by atoms with van der Waals surface area (Å²) in [5, 5.41) is 3.61. The van der Waals surface area contributed by atoms with Gasteiger partial charge in [0.15, 0.2) is 11.5 Å². The van der Waals surface area contributed by atoms with Gasteiger partial charge in [-0.15, -0.1) is 11.3 Å². The number of fused-ring (bicyclic) bond motifs is 1. The van der Waals surface area contributed by atoms with Crippen molar-refractivity contribution in [2.45, 2.75) is 6.42 Å². The van der Waals surface area contributed by atoms with Crippen molar-refractivity contribution in [3.05, 3.63) is 70.7 Å². The minimum absolute atomic E-state index is 0.286. The standard InChI is InChI=1S/C25H23N3O6S/c1-31-19-11-15(12-20(32-2)22(19)33-3)23(29)27-17-6-5-14(9-16(10-17)25(30)34-4)24-28-18-7-8-26-13-21(18)35-24/h6-13H,5H2,1-4H3,(H,27,29). The van der Waals surface area contributed by atoms with Crippen molar-refractivity contribution in [2.24, 2.45) is 0 Å². The number of nitrogens with zero attached hydrogens (tertiary/aromatic N) is 2. The number of aromatic nitrogens is 2. The molecule has 3 aromatic rings. The third-order valence-corrected chi connectivity index (χ3v) is 6.34. The number of ether oxygens (including phenoxy) is 4. The normalized spacial score (nSPS) is 13.2. The number of hydrogen-bond acceptors (Lipinski definition) is 9. The van der Waals surface area contributed by atoms with Gasteiger partial charge in [-0.05, 0) is 42.3 Å². The average Bonchev–Trinajstić information content (AvgIpc) is 3.21. The molecule has 0 aliphatic heterocycles. The van der Waals surface area contributed by atoms with Gasteiger partial charge in [-0.2, -0.15) is 0 Å². The molecule has 4 rings (SSSR count). The molecule has 0 radical (unpaired) electrons. The molecule has 9 nitrogen and oxygen atoms in total. The molecule has 0 fully saturated rings. The monoisotopic (exact) mass is 493 g/mol. The number of esters is 1. The second-order valence-electron chi connectivity index (χ2n) is 7.35. The van der Waals surface area contributed by atoms with Crippen LogP contribution in [0.25, 0.3) is 15.8 Å². The molecule has 0 atom stereocenters. The van der Waals surface area contributed by atoms with Crippen LogP contribution in [0.3, 0.4) is 0 Å². The molecule has 10 heteroatoms. The first-order valence-corrected chi connectivity index (χ1v) is 11.3. The van der Waals surface area contributed by atoms with Gasteiger partial charge in [0, 0.05) is 23.7 Å². The topological polar surface area (TPSA) is 109 Å². The van der Waals surface area contributed by atoms with Crippen LogP contribution in [0.2, 0.25) is 0 Å². The van der Waals surface area contributed by atoms with E-state index < -0.39 is 11.9 Å². The molecule has 0 saturated carbocycles. The Morgan fingerprint density at radius 1 is 1.03 bits per heavy atom. The van der Waals surface area contributed by atoms with Crippen molar-refractivity contribution in [1.29, 1.82) is 0 Å². The van der Waals surface area contributed by atoms with E-state index in [0.29, 0.717) is 34.9 Å². The molecule has 180 valence electrons. The highest BCUT2D eigenvalue weighted by Gasteiger charge is 2.20. The lowest BCUT2D eigenvalue weighted by Gasteiger charge is -2.14. The number of methoxy groups -OCH3 is 4. The molecule has 1 aromatic carbocycles. The molecule has 2 heterocycles. The highest BCUT2D eigenvalue weighted by Crippen LogP contribution is 2.38. The lowest BCUT2D eigenvalue weighted by molar-refractivity contribution is -0.135. The van der Waals surface area contributed by atoms with E-state index in [1.807, 2.05) is 12.1 Å². The summed E-state index contributed by atoms with van der Waals surface area (Å²) >= 11 is 1.48. The number of hydrogen-bond donors (Lipinski definition) is 1. The number of rotatable bonds is 7. The minimum Gasteiger partial charge on any atom is -0.493 e. The minimum atomic E-state index is -0.528. The van der Waals surface area contributed by atoms with Gasteiger partial charge in [-0.1, -0.05) is 6.08 Å². The van der Waals surface area contributed by atoms with E-state index in [1.54, 1.807) is 36.7 Å². The van der Waals surface area contributed by atoms with E-state index >= 15 is 0 Å². The van der Waals surface area contributed by atoms with Crippen molar-refractivity contribution >= 4 is 39.0 Å². The maximum atomic E-state index is 13.1. The van der Waals surface area contributed by atoms with Crippen LogP contribution >= 0.6 is 11.3 Å². The molecular weight excluding hydrogens is 470 g/mol. The Balaban J connectivity index is 1.65. The van der Waals surface area contributed by atoms with Gasteiger partial charge in [-0.25, -0.2) is 9.78 Å². The molecule has 2 aromatic heterocycles. The number of carbonyl (C=O) groups excluding carboxylic acids is 2. The third-order valence-electron chi connectivity index (χ3n) is 5.25. The largest absolute Gasteiger partial charge is 0.493 e. The number of pyridine rings is 1. The fourth-order valence-electron chi connectivity index (χ4n) is 3.54. The SMILES string of the molecule is COC(=O)C1=CC(NC(=O)c2cc(OC)c(OC)c(OC)c2)=CCC(c2nc3ccncc3s2)=C1. The molecule has 0 spiro atoms. The Morgan fingerprint density at radius 2 is 1.77 bits per heavy atom. The van der Waals surface area contributed by atoms with Gasteiger partial charge in [-0.3, -0.25) is 9.78 Å². The number of amides is 1. The van der Waals surface area contributed by atoms with Crippen LogP contribution in [-0.2, 0) is 9.53 Å². The molecule has 1 aliphatic rings. The first kappa shape index (κ1) is 24.0. The highest BCUT2D eigenvalue weighted by atomic mass is 32.1. The molecular formula is C25H23N3O6S. The highest BCUT2D eigenvalue weighted by molar-refractivity contribution is 7.19. The maximum Gasteiger partial charge on any atom is 0.337 e. The fraction of sp³-hybridized carbons (Fsp3) is 0.200. The number of allylic oxidation sites excluding steroid dienone is 3. The fourth-order valence-corrected chi connectivity index (χ4v) is 4.50. The quantitative estimate of drug-likeness (QED) is 0.494. The van der Waals surface area contributed by atoms with Gasteiger partial charge >= 0.3 is 5.97 Å². The van der Waals surface area contributed by atoms with Crippen LogP contribution < -0.4 is 19.5 Å². The van der Waals surface area contributed by atoms with E-state index in [2.05, 4.69) is 15.3 Å². The Bertz CT molecular complexity index is 1330. The van der Waals surface area contributed by atoms with Gasteiger partial charge in [0.2, 0.25) is 5.75 Å². The smallest absolute Gasteiger partial charge is 0.337 e. The average molecular weight is 494 g/mol. The molecule has 0 bridgehead atoms. The summed E-state index contributed by atoms with van der Waals surface area (Å²) in [7, 11) is 5.75. The maximum absolute atomic E-state index is 13.1. The van der Waals surface area contributed by atoms with Gasteiger partial charge < -0.3 is 24.3 Å². The van der Waals surface area contributed by atoms with E-state index in [1.165, 1.54) is 39.8 Å². The number of benzene rings is 1. The van der Waals surface area contributed by atoms with E-state index in [-0.39, 0.29) is 5.57 Å². The summed E-state index contributed by atoms with van der Waals surface area (Å²) in [5.41, 5.74) is 2.67. The van der Waals surface area contributed by atoms with Gasteiger partial charge in [0.1, 0.15) is 5.01 Å². The van der Waals surface area contributed by atoms with Crippen molar-refractivity contribution in [3.63, 3.8) is 0 Å². The van der Waals surface area contributed by atoms with Crippen LogP contribution in [0, 0.1) is 0 Å². The van der Waals surface area contributed by atoms with Crippen LogP contribution in [0.5, 0.6) is 17.2 Å². The number of carbonyl (C=O) groups is 2. The predicted molar refractivity (Wildman–Crippen MR) is 132 cm³/mol. The summed E-state index contributed by atoms with van der Waals surface area (Å²) in [5.74, 6) is 0.150. The zero-order valence-electron chi connectivity index (χ0n) is 19.6. The van der Waals surface area contributed by atoms with Gasteiger partial charge in [0.05, 0.1) is 44.2 Å². The van der Waals surface area contributed by atoms with Crippen molar-refractivity contribution < 1.29 is 28.5 Å². The van der Waals surface area contributed by atoms with Crippen LogP contribution in [0.1, 0.15) is 21.8 Å². The Kier molecular flexibility index (Phi) is 7.11. The Hall–Kier alpha value is -4.18. The second kappa shape index (κ2) is 10.4. The van der Waals surface area contributed by atoms with Crippen molar-refractivity contribution in [3.8, 4) is 17.2 Å². The van der Waals surface area contributed by atoms with Crippen LogP contribution in [-0.4, -0.2) is 50.3 Å². The lowest BCUT2D eigenvalue weighted by Crippen LogP contribution is -2.22. The Labute approximate surface area is 205 Å². The Morgan fingerprint density at radius 3 is 2.40 bits per heavy atom. The lowest BCUT2D eigenvalue weighted by atomic mass is 10.1. The van der Waals surface area contributed by atoms with E-state index in [0.717, 1.165) is 20.8 Å². The van der Waals surface area contributed by atoms with Crippen molar-refractivity contribution in [1.82, 2.24) is 15.3 Å². The first-order valence-electron chi connectivity index (χ1n) is 10.5. The first-order chi connectivity index (χ1) is 17.0. The molecule has 0 saturated heterocycles. The summed E-state index contributed by atoms with van der Waals surface area (Å²) in [6.45, 7) is 0. The van der Waals surface area contributed by atoms with Crippen LogP contribution in [0.4, 0.5) is 0 Å². The van der Waals surface area contributed by atoms with Crippen LogP contribution in [0.15, 0.2) is 60.1 Å². The van der Waals surface area contributed by atoms with E-state index in [4.69, 9.17) is 18.9 Å². The molecule has 1 N–H and O–H groups in total. The second-order valence-corrected chi connectivity index (χ2v) is 8.39. The predicted octanol–water partition coefficient (Wildman–Crippen LogP) is 3.92. The van der Waals surface area contributed by atoms with Gasteiger partial charge in [0.25, 0.3) is 5.91 Å². The summed E-state index contributed by atoms with van der Waals surface area (Å²) in [6, 6.07) is 4.94. The zero-order chi connectivity index (χ0) is 24.9. The number of thiazole rings is 1. The summed E-state index contributed by atoms with van der Waals surface area (Å²) in [6.07, 6.45) is 9.00. The molecule has 1 amide bonds. The summed E-state index contributed by atoms with van der Waals surface area (Å²) < 4.78 is 21.9.